The molecule has 0 unspecified atom stereocenters. The Hall–Kier alpha value is -3.59. The number of hydrogen-bond acceptors (Lipinski definition) is 4. The third-order valence-electron chi connectivity index (χ3n) is 5.71. The van der Waals surface area contributed by atoms with Crippen molar-refractivity contribution in [2.75, 3.05) is 36.4 Å². The van der Waals surface area contributed by atoms with Gasteiger partial charge < -0.3 is 15.1 Å². The first-order valence-corrected chi connectivity index (χ1v) is 11.6. The highest BCUT2D eigenvalue weighted by Gasteiger charge is 2.24. The Morgan fingerprint density at radius 1 is 0.912 bits per heavy atom. The summed E-state index contributed by atoms with van der Waals surface area (Å²) >= 11 is 3.50. The number of aromatic nitrogens is 2. The third-order valence-corrected chi connectivity index (χ3v) is 6.20. The zero-order valence-corrected chi connectivity index (χ0v) is 19.6. The van der Waals surface area contributed by atoms with Crippen LogP contribution in [0.2, 0.25) is 0 Å². The number of anilines is 2. The van der Waals surface area contributed by atoms with Crippen LogP contribution in [0.15, 0.2) is 71.2 Å². The van der Waals surface area contributed by atoms with E-state index in [0.29, 0.717) is 32.0 Å². The fraction of sp³-hybridized carbons (Fsp3) is 0.160. The van der Waals surface area contributed by atoms with Crippen molar-refractivity contribution in [1.82, 2.24) is 14.9 Å². The lowest BCUT2D eigenvalue weighted by atomic mass is 10.1. The molecule has 0 saturated carbocycles. The van der Waals surface area contributed by atoms with Crippen LogP contribution in [0.4, 0.5) is 25.1 Å². The van der Waals surface area contributed by atoms with Crippen LogP contribution >= 0.6 is 15.9 Å². The highest BCUT2D eigenvalue weighted by atomic mass is 79.9. The van der Waals surface area contributed by atoms with Crippen molar-refractivity contribution in [3.8, 4) is 11.4 Å². The molecule has 0 radical (unpaired) electrons. The molecule has 0 atom stereocenters. The summed E-state index contributed by atoms with van der Waals surface area (Å²) in [5, 5.41) is 3.46. The second-order valence-electron chi connectivity index (χ2n) is 7.93. The van der Waals surface area contributed by atoms with E-state index in [1.54, 1.807) is 4.90 Å². The Bertz CT molecular complexity index is 1370. The van der Waals surface area contributed by atoms with Crippen molar-refractivity contribution in [1.29, 1.82) is 0 Å². The highest BCUT2D eigenvalue weighted by Crippen LogP contribution is 2.29. The van der Waals surface area contributed by atoms with Crippen LogP contribution in [0, 0.1) is 11.6 Å². The number of para-hydroxylation sites is 1. The molecule has 0 aliphatic carbocycles. The SMILES string of the molecule is O=C(Nc1ccc(F)cc1F)N1CCN(c2nc(-c3cccc(Br)c3)nc3ccccc23)CC1. The number of rotatable bonds is 3. The van der Waals surface area contributed by atoms with Crippen molar-refractivity contribution < 1.29 is 13.6 Å². The molecule has 9 heteroatoms. The topological polar surface area (TPSA) is 61.4 Å². The molecule has 6 nitrogen and oxygen atoms in total. The number of nitrogens with one attached hydrogen (secondary N) is 1. The first kappa shape index (κ1) is 22.2. The molecule has 34 heavy (non-hydrogen) atoms. The average molecular weight is 524 g/mol. The number of hydrogen-bond donors (Lipinski definition) is 1. The molecule has 3 aromatic carbocycles. The molecule has 1 fully saturated rings. The number of carbonyl (C=O) groups excluding carboxylic acids is 1. The van der Waals surface area contributed by atoms with Crippen LogP contribution in [-0.2, 0) is 0 Å². The Morgan fingerprint density at radius 3 is 2.47 bits per heavy atom. The van der Waals surface area contributed by atoms with E-state index in [0.717, 1.165) is 38.9 Å². The van der Waals surface area contributed by atoms with Crippen LogP contribution in [0.25, 0.3) is 22.3 Å². The normalized spacial score (nSPS) is 13.9. The monoisotopic (exact) mass is 523 g/mol. The smallest absolute Gasteiger partial charge is 0.322 e. The summed E-state index contributed by atoms with van der Waals surface area (Å²) in [5.74, 6) is -0.0601. The van der Waals surface area contributed by atoms with Gasteiger partial charge in [-0.3, -0.25) is 0 Å². The molecule has 1 N–H and O–H groups in total. The Labute approximate surface area is 203 Å². The highest BCUT2D eigenvalue weighted by molar-refractivity contribution is 9.10. The van der Waals surface area contributed by atoms with E-state index < -0.39 is 17.7 Å². The predicted octanol–water partition coefficient (Wildman–Crippen LogP) is 5.69. The molecule has 0 spiro atoms. The maximum Gasteiger partial charge on any atom is 0.322 e. The quantitative estimate of drug-likeness (QED) is 0.374. The average Bonchev–Trinajstić information content (AvgIpc) is 2.85. The zero-order chi connectivity index (χ0) is 23.7. The molecule has 1 aliphatic heterocycles. The summed E-state index contributed by atoms with van der Waals surface area (Å²) in [4.78, 5) is 26.0. The second kappa shape index (κ2) is 9.34. The third kappa shape index (κ3) is 4.56. The molecule has 2 heterocycles. The number of nitrogens with zero attached hydrogens (tertiary/aromatic N) is 4. The molecule has 0 bridgehead atoms. The zero-order valence-electron chi connectivity index (χ0n) is 18.0. The summed E-state index contributed by atoms with van der Waals surface area (Å²) in [6.45, 7) is 1.97. The van der Waals surface area contributed by atoms with Gasteiger partial charge in [-0.15, -0.1) is 0 Å². The number of piperazine rings is 1. The molecule has 5 rings (SSSR count). The summed E-state index contributed by atoms with van der Waals surface area (Å²) < 4.78 is 28.0. The van der Waals surface area contributed by atoms with Crippen molar-refractivity contribution in [3.63, 3.8) is 0 Å². The number of amides is 2. The Morgan fingerprint density at radius 2 is 1.71 bits per heavy atom. The first-order valence-electron chi connectivity index (χ1n) is 10.8. The van der Waals surface area contributed by atoms with Gasteiger partial charge in [-0.05, 0) is 36.4 Å². The lowest BCUT2D eigenvalue weighted by Gasteiger charge is -2.36. The maximum absolute atomic E-state index is 13.9. The van der Waals surface area contributed by atoms with E-state index in [-0.39, 0.29) is 5.69 Å². The van der Waals surface area contributed by atoms with Crippen molar-refractivity contribution in [2.24, 2.45) is 0 Å². The lowest BCUT2D eigenvalue weighted by Crippen LogP contribution is -2.50. The van der Waals surface area contributed by atoms with E-state index in [4.69, 9.17) is 9.97 Å². The molecule has 4 aromatic rings. The lowest BCUT2D eigenvalue weighted by molar-refractivity contribution is 0.208. The second-order valence-corrected chi connectivity index (χ2v) is 8.84. The van der Waals surface area contributed by atoms with Gasteiger partial charge in [0.2, 0.25) is 0 Å². The van der Waals surface area contributed by atoms with E-state index in [9.17, 15) is 13.6 Å². The standard InChI is InChI=1S/C25H20BrF2N5O/c26-17-5-3-4-16(14-17)23-29-21-7-2-1-6-19(21)24(31-23)32-10-12-33(13-11-32)25(34)30-22-9-8-18(27)15-20(22)28/h1-9,14-15H,10-13H2,(H,30,34). The van der Waals surface area contributed by atoms with Crippen molar-refractivity contribution in [2.45, 2.75) is 0 Å². The van der Waals surface area contributed by atoms with Gasteiger partial charge in [0.25, 0.3) is 0 Å². The Kier molecular flexibility index (Phi) is 6.10. The molecule has 1 aliphatic rings. The van der Waals surface area contributed by atoms with Gasteiger partial charge in [-0.1, -0.05) is 40.2 Å². The van der Waals surface area contributed by atoms with E-state index in [1.165, 1.54) is 6.07 Å². The summed E-state index contributed by atoms with van der Waals surface area (Å²) in [7, 11) is 0. The van der Waals surface area contributed by atoms with Gasteiger partial charge in [0, 0.05) is 47.7 Å². The van der Waals surface area contributed by atoms with E-state index >= 15 is 0 Å². The van der Waals surface area contributed by atoms with Gasteiger partial charge in [0.1, 0.15) is 17.5 Å². The minimum Gasteiger partial charge on any atom is -0.352 e. The van der Waals surface area contributed by atoms with Crippen LogP contribution in [0.1, 0.15) is 0 Å². The minimum absolute atomic E-state index is 0.0470. The van der Waals surface area contributed by atoms with Crippen LogP contribution in [-0.4, -0.2) is 47.1 Å². The van der Waals surface area contributed by atoms with Crippen LogP contribution in [0.3, 0.4) is 0 Å². The maximum atomic E-state index is 13.9. The van der Waals surface area contributed by atoms with Crippen LogP contribution < -0.4 is 10.2 Å². The molecular formula is C25H20BrF2N5O. The molecule has 2 amide bonds. The van der Waals surface area contributed by atoms with Gasteiger partial charge in [0.15, 0.2) is 5.82 Å². The minimum atomic E-state index is -0.806. The number of halogens is 3. The molecular weight excluding hydrogens is 504 g/mol. The van der Waals surface area contributed by atoms with E-state index in [2.05, 4.69) is 26.1 Å². The molecule has 1 aromatic heterocycles. The van der Waals surface area contributed by atoms with Gasteiger partial charge in [-0.2, -0.15) is 0 Å². The molecule has 172 valence electrons. The number of benzene rings is 3. The van der Waals surface area contributed by atoms with Crippen molar-refractivity contribution >= 4 is 44.4 Å². The summed E-state index contributed by atoms with van der Waals surface area (Å²) in [5.41, 5.74) is 1.70. The van der Waals surface area contributed by atoms with Gasteiger partial charge >= 0.3 is 6.03 Å². The summed E-state index contributed by atoms with van der Waals surface area (Å²) in [6.07, 6.45) is 0. The van der Waals surface area contributed by atoms with Crippen molar-refractivity contribution in [3.05, 3.63) is 82.8 Å². The molecule has 1 saturated heterocycles. The predicted molar refractivity (Wildman–Crippen MR) is 132 cm³/mol. The number of carbonyl (C=O) groups is 1. The van der Waals surface area contributed by atoms with Crippen LogP contribution in [0.5, 0.6) is 0 Å². The fourth-order valence-electron chi connectivity index (χ4n) is 3.96. The van der Waals surface area contributed by atoms with E-state index in [1.807, 2.05) is 48.5 Å². The number of fused-ring (bicyclic) bond motifs is 1. The Balaban J connectivity index is 1.36. The number of urea groups is 1. The fourth-order valence-corrected chi connectivity index (χ4v) is 4.36. The largest absolute Gasteiger partial charge is 0.352 e. The first-order chi connectivity index (χ1) is 16.5. The summed E-state index contributed by atoms with van der Waals surface area (Å²) in [6, 6.07) is 18.3. The van der Waals surface area contributed by atoms with Gasteiger partial charge in [0.05, 0.1) is 11.2 Å². The van der Waals surface area contributed by atoms with Gasteiger partial charge in [-0.25, -0.2) is 23.5 Å².